The predicted octanol–water partition coefficient (Wildman–Crippen LogP) is 0.0610. The molecule has 0 aliphatic rings. The molecule has 0 spiro atoms. The van der Waals surface area contributed by atoms with E-state index in [9.17, 15) is 8.42 Å². The second-order valence-corrected chi connectivity index (χ2v) is 3.27. The van der Waals surface area contributed by atoms with Crippen molar-refractivity contribution < 1.29 is 17.8 Å². The minimum Gasteiger partial charge on any atom is -0.286 e. The Morgan fingerprint density at radius 3 is 1.90 bits per heavy atom. The number of rotatable bonds is 3. The third-order valence-electron chi connectivity index (χ3n) is 0.829. The van der Waals surface area contributed by atoms with Gasteiger partial charge in [0.15, 0.2) is 0 Å². The van der Waals surface area contributed by atoms with Gasteiger partial charge in [0.2, 0.25) is 0 Å². The first-order chi connectivity index (χ1) is 4.39. The molecule has 0 rings (SSSR count). The van der Waals surface area contributed by atoms with E-state index in [0.717, 1.165) is 0 Å². The Balaban J connectivity index is 4.38. The lowest BCUT2D eigenvalue weighted by Crippen LogP contribution is -2.35. The van der Waals surface area contributed by atoms with Gasteiger partial charge in [-0.05, 0) is 13.8 Å². The molecular weight excluding hydrogens is 158 g/mol. The van der Waals surface area contributed by atoms with Crippen molar-refractivity contribution in [2.24, 2.45) is 0 Å². The number of hydrogen-bond donors (Lipinski definition) is 1. The smallest absolute Gasteiger partial charge is 0.286 e. The second-order valence-electron chi connectivity index (χ2n) is 2.01. The van der Waals surface area contributed by atoms with Crippen LogP contribution in [0.3, 0.4) is 0 Å². The van der Waals surface area contributed by atoms with E-state index < -0.39 is 16.3 Å². The Bertz CT molecular complexity index is 185. The lowest BCUT2D eigenvalue weighted by molar-refractivity contribution is -0.0782. The molecule has 0 aromatic heterocycles. The molecule has 62 valence electrons. The van der Waals surface area contributed by atoms with Gasteiger partial charge in [0, 0.05) is 6.04 Å². The second kappa shape index (κ2) is 3.29. The van der Waals surface area contributed by atoms with Crippen LogP contribution in [0.15, 0.2) is 0 Å². The van der Waals surface area contributed by atoms with Gasteiger partial charge in [-0.25, -0.2) is 0 Å². The van der Waals surface area contributed by atoms with E-state index in [2.05, 4.69) is 4.84 Å². The summed E-state index contributed by atoms with van der Waals surface area (Å²) in [7, 11) is -3.03. The van der Waals surface area contributed by atoms with Crippen LogP contribution < -0.4 is 0 Å². The lowest BCUT2D eigenvalue weighted by Gasteiger charge is -2.18. The summed E-state index contributed by atoms with van der Waals surface area (Å²) in [4.78, 5) is 4.37. The molecule has 6 heteroatoms. The molecule has 1 N–H and O–H groups in total. The number of hydroxylamine groups is 1. The summed E-state index contributed by atoms with van der Waals surface area (Å²) < 4.78 is 29.6. The predicted molar refractivity (Wildman–Crippen MR) is 35.5 cm³/mol. The summed E-state index contributed by atoms with van der Waals surface area (Å²) in [6, 6.07) is -0.403. The van der Waals surface area contributed by atoms with Crippen molar-refractivity contribution in [2.45, 2.75) is 19.9 Å². The van der Waals surface area contributed by atoms with Crippen LogP contribution in [-0.2, 0) is 15.1 Å². The molecule has 0 aliphatic heterocycles. The van der Waals surface area contributed by atoms with Crippen molar-refractivity contribution in [1.82, 2.24) is 4.47 Å². The summed E-state index contributed by atoms with van der Waals surface area (Å²) in [5, 5.41) is 0. The van der Waals surface area contributed by atoms with Crippen LogP contribution in [0, 0.1) is 0 Å². The molecule has 0 saturated heterocycles. The normalized spacial score (nSPS) is 13.0. The monoisotopic (exact) mass is 169 g/mol. The maximum absolute atomic E-state index is 10.4. The van der Waals surface area contributed by atoms with Gasteiger partial charge in [0.1, 0.15) is 0 Å². The van der Waals surface area contributed by atoms with E-state index >= 15 is 0 Å². The van der Waals surface area contributed by atoms with Gasteiger partial charge in [0.25, 0.3) is 0 Å². The first-order valence-electron chi connectivity index (χ1n) is 2.70. The maximum atomic E-state index is 10.4. The molecule has 0 unspecified atom stereocenters. The van der Waals surface area contributed by atoms with Crippen molar-refractivity contribution in [2.75, 3.05) is 7.11 Å². The topological polar surface area (TPSA) is 66.8 Å². The first kappa shape index (κ1) is 9.83. The molecule has 0 amide bonds. The zero-order chi connectivity index (χ0) is 8.36. The van der Waals surface area contributed by atoms with Crippen molar-refractivity contribution in [3.05, 3.63) is 0 Å². The molecule has 0 aromatic carbocycles. The first-order valence-corrected chi connectivity index (χ1v) is 4.10. The largest absolute Gasteiger partial charge is 0.358 e. The highest BCUT2D eigenvalue weighted by molar-refractivity contribution is 7.83. The van der Waals surface area contributed by atoms with Gasteiger partial charge in [-0.15, -0.1) is 0 Å². The molecule has 0 fully saturated rings. The van der Waals surface area contributed by atoms with Crippen LogP contribution >= 0.6 is 0 Å². The third kappa shape index (κ3) is 2.61. The summed E-state index contributed by atoms with van der Waals surface area (Å²) >= 11 is 0. The molecule has 0 atom stereocenters. The van der Waals surface area contributed by atoms with Gasteiger partial charge in [-0.2, -0.15) is 8.42 Å². The fraction of sp³-hybridized carbons (Fsp3) is 1.00. The van der Waals surface area contributed by atoms with Crippen LogP contribution in [0.1, 0.15) is 13.8 Å². The van der Waals surface area contributed by atoms with E-state index in [1.54, 1.807) is 13.8 Å². The fourth-order valence-corrected chi connectivity index (χ4v) is 1.29. The average molecular weight is 169 g/mol. The standard InChI is InChI=1S/C4H11NO4S/c1-4(2)5(9-3)10(6,7)8/h4H,1-3H3,(H,6,7,8). The zero-order valence-corrected chi connectivity index (χ0v) is 6.92. The molecule has 0 bridgehead atoms. The number of hydrogen-bond acceptors (Lipinski definition) is 3. The van der Waals surface area contributed by atoms with Crippen LogP contribution in [0.4, 0.5) is 0 Å². The molecule has 0 aromatic rings. The summed E-state index contributed by atoms with van der Waals surface area (Å²) in [5.74, 6) is 0. The van der Waals surface area contributed by atoms with Crippen LogP contribution in [0.5, 0.6) is 0 Å². The minimum absolute atomic E-state index is 0.403. The van der Waals surface area contributed by atoms with Crippen molar-refractivity contribution in [1.29, 1.82) is 0 Å². The maximum Gasteiger partial charge on any atom is 0.358 e. The minimum atomic E-state index is -4.20. The van der Waals surface area contributed by atoms with Crippen LogP contribution in [-0.4, -0.2) is 30.6 Å². The fourth-order valence-electron chi connectivity index (χ4n) is 0.571. The van der Waals surface area contributed by atoms with E-state index in [-0.39, 0.29) is 0 Å². The van der Waals surface area contributed by atoms with E-state index in [0.29, 0.717) is 4.47 Å². The SMILES string of the molecule is CON(C(C)C)S(=O)(=O)O. The summed E-state index contributed by atoms with van der Waals surface area (Å²) in [5.41, 5.74) is 0. The molecule has 0 heterocycles. The van der Waals surface area contributed by atoms with E-state index in [1.165, 1.54) is 7.11 Å². The van der Waals surface area contributed by atoms with Gasteiger partial charge in [-0.3, -0.25) is 9.39 Å². The molecular formula is C4H11NO4S. The highest BCUT2D eigenvalue weighted by Gasteiger charge is 2.21. The average Bonchev–Trinajstić information content (AvgIpc) is 1.60. The van der Waals surface area contributed by atoms with Crippen molar-refractivity contribution >= 4 is 10.3 Å². The molecule has 0 aliphatic carbocycles. The zero-order valence-electron chi connectivity index (χ0n) is 6.10. The van der Waals surface area contributed by atoms with Gasteiger partial charge in [-0.1, -0.05) is 4.47 Å². The Labute approximate surface area is 60.4 Å². The highest BCUT2D eigenvalue weighted by atomic mass is 32.2. The Morgan fingerprint density at radius 2 is 1.90 bits per heavy atom. The highest BCUT2D eigenvalue weighted by Crippen LogP contribution is 2.02. The van der Waals surface area contributed by atoms with Crippen LogP contribution in [0.2, 0.25) is 0 Å². The van der Waals surface area contributed by atoms with E-state index in [1.807, 2.05) is 0 Å². The van der Waals surface area contributed by atoms with Gasteiger partial charge < -0.3 is 0 Å². The number of nitrogens with zero attached hydrogens (tertiary/aromatic N) is 1. The Morgan fingerprint density at radius 1 is 1.50 bits per heavy atom. The van der Waals surface area contributed by atoms with E-state index in [4.69, 9.17) is 4.55 Å². The molecule has 0 saturated carbocycles. The lowest BCUT2D eigenvalue weighted by atomic mass is 10.4. The van der Waals surface area contributed by atoms with Crippen molar-refractivity contribution in [3.63, 3.8) is 0 Å². The summed E-state index contributed by atoms with van der Waals surface area (Å²) in [6.07, 6.45) is 0. The quantitative estimate of drug-likeness (QED) is 0.479. The molecule has 5 nitrogen and oxygen atoms in total. The van der Waals surface area contributed by atoms with Crippen molar-refractivity contribution in [3.8, 4) is 0 Å². The van der Waals surface area contributed by atoms with Gasteiger partial charge >= 0.3 is 10.3 Å². The Hall–Kier alpha value is -0.170. The third-order valence-corrected chi connectivity index (χ3v) is 1.85. The van der Waals surface area contributed by atoms with Gasteiger partial charge in [0.05, 0.1) is 7.11 Å². The summed E-state index contributed by atoms with van der Waals surface area (Å²) in [6.45, 7) is 3.16. The van der Waals surface area contributed by atoms with Crippen LogP contribution in [0.25, 0.3) is 0 Å². The Kier molecular flexibility index (Phi) is 3.23. The molecule has 10 heavy (non-hydrogen) atoms. The molecule has 0 radical (unpaired) electrons.